The summed E-state index contributed by atoms with van der Waals surface area (Å²) in [4.78, 5) is 14.3. The second kappa shape index (κ2) is 8.44. The van der Waals surface area contributed by atoms with Crippen molar-refractivity contribution in [1.29, 1.82) is 0 Å². The number of benzene rings is 1. The van der Waals surface area contributed by atoms with Gasteiger partial charge in [0.2, 0.25) is 16.8 Å². The van der Waals surface area contributed by atoms with Crippen molar-refractivity contribution >= 4 is 16.0 Å². The van der Waals surface area contributed by atoms with E-state index < -0.39 is 27.3 Å². The highest BCUT2D eigenvalue weighted by atomic mass is 32.2. The first-order valence-corrected chi connectivity index (χ1v) is 11.2. The number of piperazine rings is 1. The third-order valence-corrected chi connectivity index (χ3v) is 7.55. The maximum Gasteiger partial charge on any atom is 0.313 e. The largest absolute Gasteiger partial charge is 0.466 e. The second-order valence-corrected chi connectivity index (χ2v) is 9.27. The van der Waals surface area contributed by atoms with Gasteiger partial charge in [0.1, 0.15) is 5.92 Å². The molecule has 0 radical (unpaired) electrons. The zero-order chi connectivity index (χ0) is 20.4. The molecule has 2 saturated heterocycles. The lowest BCUT2D eigenvalue weighted by atomic mass is 10.2. The number of nitrogens with one attached hydrogen (secondary N) is 2. The molecule has 1 aromatic rings. The molecule has 3 aliphatic rings. The number of hydrogen-bond acceptors (Lipinski definition) is 9. The van der Waals surface area contributed by atoms with Crippen LogP contribution in [0.25, 0.3) is 0 Å². The highest BCUT2D eigenvalue weighted by Crippen LogP contribution is 2.33. The molecule has 1 aromatic carbocycles. The summed E-state index contributed by atoms with van der Waals surface area (Å²) >= 11 is 0. The minimum atomic E-state index is -3.68. The average molecular weight is 426 g/mol. The summed E-state index contributed by atoms with van der Waals surface area (Å²) in [6, 6.07) is 5.85. The van der Waals surface area contributed by atoms with Crippen molar-refractivity contribution in [3.63, 3.8) is 0 Å². The Morgan fingerprint density at radius 3 is 2.72 bits per heavy atom. The summed E-state index contributed by atoms with van der Waals surface area (Å²) in [5.41, 5.74) is 6.61. The van der Waals surface area contributed by atoms with E-state index in [2.05, 4.69) is 15.8 Å². The van der Waals surface area contributed by atoms with E-state index in [9.17, 15) is 13.2 Å². The Bertz CT molecular complexity index is 856. The Morgan fingerprint density at radius 1 is 1.21 bits per heavy atom. The topological polar surface area (TPSA) is 109 Å². The standard InChI is InChI=1S/C18H26N4O6S/c1-2-26-18(23)14-10-19-20-17(14)29(24,25)22-7-5-21(6-8-22)11-13-3-4-15-16(9-13)28-12-27-15/h3-4,9,14,17,19-20H,2,5-8,10-12H2,1H3. The number of hydrogen-bond donors (Lipinski definition) is 2. The fraction of sp³-hybridized carbons (Fsp3) is 0.611. The van der Waals surface area contributed by atoms with E-state index in [0.29, 0.717) is 32.7 Å². The van der Waals surface area contributed by atoms with Crippen LogP contribution in [-0.4, -0.2) is 75.1 Å². The second-order valence-electron chi connectivity index (χ2n) is 7.21. The van der Waals surface area contributed by atoms with Gasteiger partial charge in [0.15, 0.2) is 16.9 Å². The maximum atomic E-state index is 13.1. The summed E-state index contributed by atoms with van der Waals surface area (Å²) in [6.07, 6.45) is 0. The van der Waals surface area contributed by atoms with Crippen molar-refractivity contribution in [2.24, 2.45) is 5.92 Å². The van der Waals surface area contributed by atoms with E-state index in [0.717, 1.165) is 17.1 Å². The van der Waals surface area contributed by atoms with Crippen LogP contribution in [0.5, 0.6) is 11.5 Å². The quantitative estimate of drug-likeness (QED) is 0.581. The SMILES string of the molecule is CCOC(=O)C1CNNC1S(=O)(=O)N1CCN(Cc2ccc3c(c2)OCO3)CC1. The summed E-state index contributed by atoms with van der Waals surface area (Å²) < 4.78 is 43.4. The van der Waals surface area contributed by atoms with Crippen molar-refractivity contribution in [2.45, 2.75) is 18.8 Å². The molecule has 0 aliphatic carbocycles. The van der Waals surface area contributed by atoms with E-state index in [4.69, 9.17) is 14.2 Å². The summed E-state index contributed by atoms with van der Waals surface area (Å²) in [7, 11) is -3.68. The normalized spacial score (nSPS) is 25.3. The fourth-order valence-electron chi connectivity index (χ4n) is 3.82. The van der Waals surface area contributed by atoms with Crippen LogP contribution in [0.1, 0.15) is 12.5 Å². The number of carbonyl (C=O) groups excluding carboxylic acids is 1. The van der Waals surface area contributed by atoms with Crippen LogP contribution in [0.2, 0.25) is 0 Å². The highest BCUT2D eigenvalue weighted by molar-refractivity contribution is 7.89. The van der Waals surface area contributed by atoms with Gasteiger partial charge in [-0.2, -0.15) is 4.31 Å². The highest BCUT2D eigenvalue weighted by Gasteiger charge is 2.45. The van der Waals surface area contributed by atoms with Crippen LogP contribution in [0.4, 0.5) is 0 Å². The van der Waals surface area contributed by atoms with Gasteiger partial charge in [-0.25, -0.2) is 13.8 Å². The number of fused-ring (bicyclic) bond motifs is 1. The first-order chi connectivity index (χ1) is 14.0. The van der Waals surface area contributed by atoms with E-state index in [1.807, 2.05) is 18.2 Å². The number of rotatable bonds is 6. The van der Waals surface area contributed by atoms with Gasteiger partial charge in [0.05, 0.1) is 6.61 Å². The first kappa shape index (κ1) is 20.4. The summed E-state index contributed by atoms with van der Waals surface area (Å²) in [5.74, 6) is 0.235. The predicted octanol–water partition coefficient (Wildman–Crippen LogP) is -0.524. The molecule has 3 aliphatic heterocycles. The minimum absolute atomic E-state index is 0.223. The lowest BCUT2D eigenvalue weighted by molar-refractivity contribution is -0.147. The molecular weight excluding hydrogens is 400 g/mol. The third-order valence-electron chi connectivity index (χ3n) is 5.38. The van der Waals surface area contributed by atoms with Crippen LogP contribution in [-0.2, 0) is 26.1 Å². The molecule has 0 bridgehead atoms. The molecule has 3 heterocycles. The zero-order valence-electron chi connectivity index (χ0n) is 16.3. The first-order valence-electron chi connectivity index (χ1n) is 9.74. The molecule has 0 aromatic heterocycles. The molecule has 4 rings (SSSR count). The van der Waals surface area contributed by atoms with Crippen LogP contribution in [0, 0.1) is 5.92 Å². The van der Waals surface area contributed by atoms with Gasteiger partial charge in [0, 0.05) is 39.3 Å². The molecule has 0 spiro atoms. The third kappa shape index (κ3) is 4.19. The Kier molecular flexibility index (Phi) is 5.93. The van der Waals surface area contributed by atoms with Crippen molar-refractivity contribution in [3.8, 4) is 11.5 Å². The Labute approximate surface area is 170 Å². The zero-order valence-corrected chi connectivity index (χ0v) is 17.1. The molecule has 11 heteroatoms. The molecule has 29 heavy (non-hydrogen) atoms. The van der Waals surface area contributed by atoms with E-state index in [1.165, 1.54) is 4.31 Å². The maximum absolute atomic E-state index is 13.1. The van der Waals surface area contributed by atoms with Crippen molar-refractivity contribution in [3.05, 3.63) is 23.8 Å². The monoisotopic (exact) mass is 426 g/mol. The van der Waals surface area contributed by atoms with Gasteiger partial charge >= 0.3 is 5.97 Å². The van der Waals surface area contributed by atoms with Gasteiger partial charge in [-0.3, -0.25) is 15.1 Å². The Morgan fingerprint density at radius 2 is 1.97 bits per heavy atom. The van der Waals surface area contributed by atoms with Crippen LogP contribution < -0.4 is 20.3 Å². The predicted molar refractivity (Wildman–Crippen MR) is 103 cm³/mol. The summed E-state index contributed by atoms with van der Waals surface area (Å²) in [5, 5.41) is -1.01. The fourth-order valence-corrected chi connectivity index (χ4v) is 5.66. The van der Waals surface area contributed by atoms with Crippen LogP contribution >= 0.6 is 0 Å². The minimum Gasteiger partial charge on any atom is -0.466 e. The van der Waals surface area contributed by atoms with E-state index >= 15 is 0 Å². The Balaban J connectivity index is 1.35. The average Bonchev–Trinajstić information content (AvgIpc) is 3.38. The molecule has 2 N–H and O–H groups in total. The van der Waals surface area contributed by atoms with E-state index in [-0.39, 0.29) is 19.9 Å². The number of carbonyl (C=O) groups is 1. The van der Waals surface area contributed by atoms with Gasteiger partial charge in [-0.1, -0.05) is 6.07 Å². The molecule has 0 amide bonds. The molecule has 2 atom stereocenters. The van der Waals surface area contributed by atoms with E-state index in [1.54, 1.807) is 6.92 Å². The molecule has 2 unspecified atom stereocenters. The smallest absolute Gasteiger partial charge is 0.313 e. The lowest BCUT2D eigenvalue weighted by Gasteiger charge is -2.35. The number of sulfonamides is 1. The van der Waals surface area contributed by atoms with Crippen molar-refractivity contribution in [1.82, 2.24) is 20.1 Å². The molecule has 0 saturated carbocycles. The van der Waals surface area contributed by atoms with Crippen molar-refractivity contribution in [2.75, 3.05) is 46.1 Å². The number of ether oxygens (including phenoxy) is 3. The molecular formula is C18H26N4O6S. The lowest BCUT2D eigenvalue weighted by Crippen LogP contribution is -2.54. The number of nitrogens with zero attached hydrogens (tertiary/aromatic N) is 2. The number of esters is 1. The van der Waals surface area contributed by atoms with Gasteiger partial charge in [0.25, 0.3) is 0 Å². The van der Waals surface area contributed by atoms with Crippen LogP contribution in [0.3, 0.4) is 0 Å². The van der Waals surface area contributed by atoms with Crippen LogP contribution in [0.15, 0.2) is 18.2 Å². The van der Waals surface area contributed by atoms with Gasteiger partial charge in [-0.15, -0.1) is 0 Å². The molecule has 10 nitrogen and oxygen atoms in total. The molecule has 160 valence electrons. The van der Waals surface area contributed by atoms with Gasteiger partial charge in [-0.05, 0) is 24.6 Å². The molecule has 2 fully saturated rings. The Hall–Kier alpha value is -1.92. The van der Waals surface area contributed by atoms with Gasteiger partial charge < -0.3 is 14.2 Å². The van der Waals surface area contributed by atoms with Crippen molar-refractivity contribution < 1.29 is 27.4 Å². The number of hydrazine groups is 1. The summed E-state index contributed by atoms with van der Waals surface area (Å²) in [6.45, 7) is 5.08.